The molecular formula is C16H21I3O6S. The van der Waals surface area contributed by atoms with Crippen molar-refractivity contribution in [2.45, 2.75) is 51.6 Å². The first-order chi connectivity index (χ1) is 12.1. The molecule has 0 amide bonds. The van der Waals surface area contributed by atoms with Gasteiger partial charge in [-0.3, -0.25) is 4.55 Å². The maximum Gasteiger partial charge on any atom is 0.264 e. The molecule has 1 heterocycles. The van der Waals surface area contributed by atoms with Crippen molar-refractivity contribution < 1.29 is 27.2 Å². The van der Waals surface area contributed by atoms with Gasteiger partial charge in [0.1, 0.15) is 5.75 Å². The zero-order valence-electron chi connectivity index (χ0n) is 14.4. The summed E-state index contributed by atoms with van der Waals surface area (Å²) in [5.74, 6) is 0.325. The van der Waals surface area contributed by atoms with E-state index in [9.17, 15) is 8.42 Å². The van der Waals surface area contributed by atoms with Gasteiger partial charge in [0.05, 0.1) is 33.7 Å². The van der Waals surface area contributed by atoms with Crippen molar-refractivity contribution in [1.29, 1.82) is 0 Å². The van der Waals surface area contributed by atoms with Gasteiger partial charge in [-0.2, -0.15) is 8.42 Å². The van der Waals surface area contributed by atoms with Crippen molar-refractivity contribution in [2.75, 3.05) is 12.4 Å². The van der Waals surface area contributed by atoms with E-state index in [1.165, 1.54) is 0 Å². The van der Waals surface area contributed by atoms with Gasteiger partial charge in [-0.1, -0.05) is 6.92 Å². The van der Waals surface area contributed by atoms with Gasteiger partial charge < -0.3 is 14.2 Å². The molecule has 1 aromatic carbocycles. The summed E-state index contributed by atoms with van der Waals surface area (Å²) in [7, 11) is -3.99. The van der Waals surface area contributed by atoms with Crippen LogP contribution >= 0.6 is 67.8 Å². The zero-order valence-corrected chi connectivity index (χ0v) is 21.7. The molecule has 0 saturated carbocycles. The second-order valence-corrected chi connectivity index (χ2v) is 11.0. The molecular weight excluding hydrogens is 701 g/mol. The average molecular weight is 722 g/mol. The van der Waals surface area contributed by atoms with Crippen molar-refractivity contribution in [3.8, 4) is 5.75 Å². The predicted octanol–water partition coefficient (Wildman–Crippen LogP) is 4.76. The fourth-order valence-electron chi connectivity index (χ4n) is 2.64. The van der Waals surface area contributed by atoms with Crippen LogP contribution in [-0.2, 0) is 19.6 Å². The van der Waals surface area contributed by atoms with Gasteiger partial charge in [0.15, 0.2) is 6.29 Å². The normalized spacial score (nSPS) is 23.8. The molecule has 0 bridgehead atoms. The minimum atomic E-state index is -3.99. The Morgan fingerprint density at radius 1 is 1.27 bits per heavy atom. The minimum Gasteiger partial charge on any atom is -0.492 e. The van der Waals surface area contributed by atoms with Crippen LogP contribution in [0, 0.1) is 10.7 Å². The van der Waals surface area contributed by atoms with E-state index >= 15 is 0 Å². The van der Waals surface area contributed by atoms with E-state index in [-0.39, 0.29) is 31.0 Å². The minimum absolute atomic E-state index is 0.0840. The summed E-state index contributed by atoms with van der Waals surface area (Å²) < 4.78 is 51.7. The Labute approximate surface area is 195 Å². The van der Waals surface area contributed by atoms with Gasteiger partial charge >= 0.3 is 0 Å². The summed E-state index contributed by atoms with van der Waals surface area (Å²) in [6.07, 6.45) is 1.67. The maximum atomic E-state index is 10.9. The van der Waals surface area contributed by atoms with Crippen molar-refractivity contribution in [3.63, 3.8) is 0 Å². The van der Waals surface area contributed by atoms with Gasteiger partial charge in [0.25, 0.3) is 10.1 Å². The van der Waals surface area contributed by atoms with Crippen LogP contribution in [0.3, 0.4) is 0 Å². The summed E-state index contributed by atoms with van der Waals surface area (Å²) in [4.78, 5) is 0. The van der Waals surface area contributed by atoms with Gasteiger partial charge in [0, 0.05) is 7.14 Å². The molecule has 2 rings (SSSR count). The standard InChI is InChI=1S/C16H21I3O6S/c1-3-10-7-9(2)24-16(25-10)11-8-12(17)13(18)14(19)15(11)23-5-4-6-26(20,21)22/h8-10,16H,3-7H2,1-2H3,(H,20,21,22). The number of benzene rings is 1. The molecule has 1 N–H and O–H groups in total. The molecule has 0 radical (unpaired) electrons. The molecule has 0 spiro atoms. The van der Waals surface area contributed by atoms with Crippen molar-refractivity contribution in [3.05, 3.63) is 22.3 Å². The van der Waals surface area contributed by atoms with Crippen LogP contribution in [-0.4, -0.2) is 37.5 Å². The van der Waals surface area contributed by atoms with Crippen LogP contribution in [0.5, 0.6) is 5.75 Å². The van der Waals surface area contributed by atoms with Crippen LogP contribution in [0.4, 0.5) is 0 Å². The zero-order chi connectivity index (χ0) is 19.5. The van der Waals surface area contributed by atoms with Gasteiger partial charge in [-0.25, -0.2) is 0 Å². The lowest BCUT2D eigenvalue weighted by atomic mass is 10.1. The highest BCUT2D eigenvalue weighted by Crippen LogP contribution is 2.41. The number of hydrogen-bond donors (Lipinski definition) is 1. The molecule has 1 fully saturated rings. The lowest BCUT2D eigenvalue weighted by Gasteiger charge is -2.35. The molecule has 0 aliphatic carbocycles. The van der Waals surface area contributed by atoms with Crippen LogP contribution < -0.4 is 4.74 Å². The lowest BCUT2D eigenvalue weighted by Crippen LogP contribution is -2.32. The Bertz CT molecular complexity index is 740. The fraction of sp³-hybridized carbons (Fsp3) is 0.625. The SMILES string of the molecule is CCC1CC(C)OC(c2cc(I)c(I)c(I)c2OCCCS(=O)(=O)O)O1. The number of hydrogen-bond acceptors (Lipinski definition) is 5. The van der Waals surface area contributed by atoms with E-state index in [0.29, 0.717) is 5.75 Å². The van der Waals surface area contributed by atoms with E-state index in [0.717, 1.165) is 29.1 Å². The van der Waals surface area contributed by atoms with Gasteiger partial charge in [-0.05, 0) is 100 Å². The molecule has 1 aliphatic rings. The third kappa shape index (κ3) is 6.54. The smallest absolute Gasteiger partial charge is 0.264 e. The number of ether oxygens (including phenoxy) is 3. The molecule has 3 unspecified atom stereocenters. The van der Waals surface area contributed by atoms with Crippen LogP contribution in [0.25, 0.3) is 0 Å². The molecule has 1 saturated heterocycles. The molecule has 1 aromatic rings. The van der Waals surface area contributed by atoms with Crippen LogP contribution in [0.15, 0.2) is 6.07 Å². The van der Waals surface area contributed by atoms with E-state index in [1.807, 2.05) is 13.0 Å². The summed E-state index contributed by atoms with van der Waals surface area (Å²) in [5, 5.41) is 0. The predicted molar refractivity (Wildman–Crippen MR) is 124 cm³/mol. The molecule has 0 aromatic heterocycles. The second kappa shape index (κ2) is 10.2. The topological polar surface area (TPSA) is 82.1 Å². The summed E-state index contributed by atoms with van der Waals surface area (Å²) in [6.45, 7) is 4.31. The fourth-order valence-corrected chi connectivity index (χ4v) is 5.40. The van der Waals surface area contributed by atoms with E-state index in [4.69, 9.17) is 18.8 Å². The average Bonchev–Trinajstić information content (AvgIpc) is 2.56. The van der Waals surface area contributed by atoms with E-state index in [2.05, 4.69) is 74.7 Å². The molecule has 10 heteroatoms. The van der Waals surface area contributed by atoms with Gasteiger partial charge in [-0.15, -0.1) is 0 Å². The Morgan fingerprint density at radius 2 is 1.96 bits per heavy atom. The molecule has 148 valence electrons. The third-order valence-electron chi connectivity index (χ3n) is 3.92. The highest BCUT2D eigenvalue weighted by molar-refractivity contribution is 14.1. The Morgan fingerprint density at radius 3 is 2.58 bits per heavy atom. The van der Waals surface area contributed by atoms with Crippen molar-refractivity contribution in [1.82, 2.24) is 0 Å². The van der Waals surface area contributed by atoms with Crippen molar-refractivity contribution >= 4 is 77.9 Å². The van der Waals surface area contributed by atoms with Gasteiger partial charge in [0.2, 0.25) is 0 Å². The second-order valence-electron chi connectivity index (χ2n) is 6.07. The molecule has 1 aliphatic heterocycles. The lowest BCUT2D eigenvalue weighted by molar-refractivity contribution is -0.244. The Hall–Kier alpha value is 1.04. The van der Waals surface area contributed by atoms with Crippen LogP contribution in [0.1, 0.15) is 45.0 Å². The molecule has 6 nitrogen and oxygen atoms in total. The number of halogens is 3. The summed E-state index contributed by atoms with van der Waals surface area (Å²) in [5.41, 5.74) is 0.816. The molecule has 3 atom stereocenters. The largest absolute Gasteiger partial charge is 0.492 e. The Kier molecular flexibility index (Phi) is 9.13. The highest BCUT2D eigenvalue weighted by Gasteiger charge is 2.31. The highest BCUT2D eigenvalue weighted by atomic mass is 127. The summed E-state index contributed by atoms with van der Waals surface area (Å²) in [6, 6.07) is 2.00. The summed E-state index contributed by atoms with van der Waals surface area (Å²) >= 11 is 6.76. The monoisotopic (exact) mass is 722 g/mol. The maximum absolute atomic E-state index is 10.9. The van der Waals surface area contributed by atoms with E-state index in [1.54, 1.807) is 0 Å². The number of rotatable bonds is 7. The van der Waals surface area contributed by atoms with Crippen LogP contribution in [0.2, 0.25) is 0 Å². The first-order valence-corrected chi connectivity index (χ1v) is 13.0. The Balaban J connectivity index is 2.26. The first-order valence-electron chi connectivity index (χ1n) is 8.18. The van der Waals surface area contributed by atoms with Crippen molar-refractivity contribution in [2.24, 2.45) is 0 Å². The third-order valence-corrected chi connectivity index (χ3v) is 9.78. The van der Waals surface area contributed by atoms with E-state index < -0.39 is 16.4 Å². The first kappa shape index (κ1) is 23.3. The molecule has 26 heavy (non-hydrogen) atoms. The quantitative estimate of drug-likeness (QED) is 0.190.